The largest absolute Gasteiger partial charge is 0.461 e. The third-order valence-electron chi connectivity index (χ3n) is 7.86. The number of esters is 1. The van der Waals surface area contributed by atoms with Crippen LogP contribution >= 0.6 is 0 Å². The van der Waals surface area contributed by atoms with Crippen LogP contribution in [0.1, 0.15) is 46.0 Å². The molecule has 5 heteroatoms. The first-order chi connectivity index (χ1) is 12.5. The molecule has 0 spiro atoms. The fourth-order valence-corrected chi connectivity index (χ4v) is 6.04. The first kappa shape index (κ1) is 18.5. The molecule has 1 saturated carbocycles. The number of rotatable bonds is 4. The molecular weight excluding hydrogens is 330 g/mol. The van der Waals surface area contributed by atoms with Crippen molar-refractivity contribution in [2.75, 3.05) is 26.8 Å². The molecule has 2 aliphatic carbocycles. The van der Waals surface area contributed by atoms with Crippen LogP contribution in [0.5, 0.6) is 0 Å². The van der Waals surface area contributed by atoms with Crippen molar-refractivity contribution in [3.8, 4) is 0 Å². The summed E-state index contributed by atoms with van der Waals surface area (Å²) in [5.41, 5.74) is 1.08. The molecule has 2 aliphatic heterocycles. The number of hydrogen-bond acceptors (Lipinski definition) is 5. The fraction of sp³-hybridized carbons (Fsp3) is 0.857. The number of fused-ring (bicyclic) bond motifs is 2. The van der Waals surface area contributed by atoms with E-state index in [4.69, 9.17) is 9.47 Å². The van der Waals surface area contributed by atoms with Crippen LogP contribution in [-0.2, 0) is 14.3 Å². The minimum atomic E-state index is -0.511. The van der Waals surface area contributed by atoms with Gasteiger partial charge in [-0.3, -0.25) is 9.69 Å². The van der Waals surface area contributed by atoms with Crippen LogP contribution in [0.15, 0.2) is 11.6 Å². The lowest BCUT2D eigenvalue weighted by molar-refractivity contribution is -0.145. The van der Waals surface area contributed by atoms with E-state index >= 15 is 0 Å². The van der Waals surface area contributed by atoms with Gasteiger partial charge >= 0.3 is 5.97 Å². The molecule has 7 unspecified atom stereocenters. The van der Waals surface area contributed by atoms with E-state index in [0.29, 0.717) is 25.1 Å². The Morgan fingerprint density at radius 3 is 3.00 bits per heavy atom. The first-order valence-electron chi connectivity index (χ1n) is 10.3. The maximum absolute atomic E-state index is 12.7. The number of likely N-dealkylation sites (tertiary alicyclic amines) is 1. The van der Waals surface area contributed by atoms with Crippen LogP contribution in [0.25, 0.3) is 0 Å². The molecule has 0 aromatic carbocycles. The average molecular weight is 363 g/mol. The van der Waals surface area contributed by atoms with Crippen molar-refractivity contribution in [1.29, 1.82) is 0 Å². The minimum Gasteiger partial charge on any atom is -0.461 e. The lowest BCUT2D eigenvalue weighted by Gasteiger charge is -2.52. The molecule has 5 nitrogen and oxygen atoms in total. The van der Waals surface area contributed by atoms with Crippen molar-refractivity contribution in [3.05, 3.63) is 11.6 Å². The van der Waals surface area contributed by atoms with Gasteiger partial charge in [-0.05, 0) is 38.1 Å². The zero-order valence-corrected chi connectivity index (χ0v) is 16.3. The van der Waals surface area contributed by atoms with E-state index in [1.807, 2.05) is 0 Å². The summed E-state index contributed by atoms with van der Waals surface area (Å²) in [6.45, 7) is 6.85. The predicted molar refractivity (Wildman–Crippen MR) is 98.5 cm³/mol. The Kier molecular flexibility index (Phi) is 4.91. The van der Waals surface area contributed by atoms with Crippen molar-refractivity contribution in [2.45, 2.75) is 64.2 Å². The number of methoxy groups -OCH3 is 1. The summed E-state index contributed by atoms with van der Waals surface area (Å²) in [5.74, 6) is 0.00870. The van der Waals surface area contributed by atoms with Gasteiger partial charge in [0.25, 0.3) is 0 Å². The third kappa shape index (κ3) is 2.74. The predicted octanol–water partition coefficient (Wildman–Crippen LogP) is 2.38. The minimum absolute atomic E-state index is 0.0889. The van der Waals surface area contributed by atoms with Crippen molar-refractivity contribution in [2.24, 2.45) is 23.2 Å². The summed E-state index contributed by atoms with van der Waals surface area (Å²) in [6, 6.07) is 0.382. The summed E-state index contributed by atoms with van der Waals surface area (Å²) < 4.78 is 11.1. The molecule has 146 valence electrons. The van der Waals surface area contributed by atoms with E-state index in [-0.39, 0.29) is 29.3 Å². The van der Waals surface area contributed by atoms with E-state index in [1.165, 1.54) is 5.57 Å². The lowest BCUT2D eigenvalue weighted by Crippen LogP contribution is -2.55. The molecule has 4 rings (SSSR count). The third-order valence-corrected chi connectivity index (χ3v) is 7.86. The highest BCUT2D eigenvalue weighted by molar-refractivity contribution is 5.76. The Morgan fingerprint density at radius 1 is 1.42 bits per heavy atom. The van der Waals surface area contributed by atoms with Crippen molar-refractivity contribution >= 4 is 5.97 Å². The maximum atomic E-state index is 12.7. The van der Waals surface area contributed by atoms with Gasteiger partial charge in [-0.1, -0.05) is 25.5 Å². The van der Waals surface area contributed by atoms with Crippen LogP contribution in [0.2, 0.25) is 0 Å². The molecule has 2 saturated heterocycles. The lowest BCUT2D eigenvalue weighted by atomic mass is 9.55. The van der Waals surface area contributed by atoms with E-state index < -0.39 is 6.10 Å². The highest BCUT2D eigenvalue weighted by Crippen LogP contribution is 2.56. The van der Waals surface area contributed by atoms with E-state index in [9.17, 15) is 9.90 Å². The fourth-order valence-electron chi connectivity index (χ4n) is 6.04. The monoisotopic (exact) mass is 363 g/mol. The molecule has 0 bridgehead atoms. The number of carbonyl (C=O) groups excluding carboxylic acids is 1. The number of hydrogen-bond donors (Lipinski definition) is 1. The highest BCUT2D eigenvalue weighted by atomic mass is 16.6. The summed E-state index contributed by atoms with van der Waals surface area (Å²) >= 11 is 0. The van der Waals surface area contributed by atoms with Crippen LogP contribution in [0.4, 0.5) is 0 Å². The van der Waals surface area contributed by atoms with Gasteiger partial charge in [0.05, 0.1) is 18.6 Å². The second kappa shape index (κ2) is 6.92. The van der Waals surface area contributed by atoms with Gasteiger partial charge in [0.15, 0.2) is 0 Å². The molecule has 0 aromatic rings. The summed E-state index contributed by atoms with van der Waals surface area (Å²) in [4.78, 5) is 15.1. The second-order valence-electron chi connectivity index (χ2n) is 9.04. The highest BCUT2D eigenvalue weighted by Gasteiger charge is 2.60. The van der Waals surface area contributed by atoms with E-state index in [0.717, 1.165) is 38.6 Å². The number of allylic oxidation sites excluding steroid dienone is 1. The Balaban J connectivity index is 1.57. The van der Waals surface area contributed by atoms with Crippen LogP contribution in [0.3, 0.4) is 0 Å². The van der Waals surface area contributed by atoms with Crippen LogP contribution in [0, 0.1) is 23.2 Å². The Hall–Kier alpha value is -0.910. The number of aliphatic hydroxyl groups excluding tert-OH is 1. The van der Waals surface area contributed by atoms with Gasteiger partial charge in [-0.15, -0.1) is 0 Å². The van der Waals surface area contributed by atoms with Crippen LogP contribution in [-0.4, -0.2) is 61.0 Å². The molecule has 0 amide bonds. The molecule has 3 fully saturated rings. The normalized spacial score (nSPS) is 45.8. The van der Waals surface area contributed by atoms with Gasteiger partial charge in [0, 0.05) is 37.5 Å². The van der Waals surface area contributed by atoms with E-state index in [1.54, 1.807) is 7.11 Å². The van der Waals surface area contributed by atoms with Gasteiger partial charge in [-0.2, -0.15) is 0 Å². The topological polar surface area (TPSA) is 59.0 Å². The standard InChI is InChI=1S/C21H33NO4/c1-13-6-4-7-14-10-17-18(19(23)21(13,14)2)16(20(24)26-17)11-22-9-5-8-15(22)12-25-3/h7,13,15-19,23H,4-6,8-12H2,1-3H3. The molecular formula is C21H33NO4. The zero-order valence-electron chi connectivity index (χ0n) is 16.3. The van der Waals surface area contributed by atoms with Gasteiger partial charge in [0.1, 0.15) is 6.10 Å². The Bertz CT molecular complexity index is 591. The summed E-state index contributed by atoms with van der Waals surface area (Å²) in [5, 5.41) is 11.4. The first-order valence-corrected chi connectivity index (χ1v) is 10.3. The molecule has 2 heterocycles. The van der Waals surface area contributed by atoms with Crippen LogP contribution < -0.4 is 0 Å². The van der Waals surface area contributed by atoms with Gasteiger partial charge in [0.2, 0.25) is 0 Å². The second-order valence-corrected chi connectivity index (χ2v) is 9.04. The van der Waals surface area contributed by atoms with Gasteiger partial charge < -0.3 is 14.6 Å². The molecule has 1 N–H and O–H groups in total. The zero-order chi connectivity index (χ0) is 18.5. The number of ether oxygens (including phenoxy) is 2. The van der Waals surface area contributed by atoms with Crippen molar-refractivity contribution in [3.63, 3.8) is 0 Å². The number of nitrogens with zero attached hydrogens (tertiary/aromatic N) is 1. The number of aliphatic hydroxyl groups is 1. The van der Waals surface area contributed by atoms with Crippen molar-refractivity contribution in [1.82, 2.24) is 4.90 Å². The molecule has 4 aliphatic rings. The maximum Gasteiger partial charge on any atom is 0.311 e. The van der Waals surface area contributed by atoms with E-state index in [2.05, 4.69) is 24.8 Å². The average Bonchev–Trinajstić information content (AvgIpc) is 3.16. The number of carbonyl (C=O) groups is 1. The SMILES string of the molecule is COCC1CCCN1CC1C(=O)OC2CC3=CCCC(C)C3(C)C(O)C21. The van der Waals surface area contributed by atoms with Gasteiger partial charge in [-0.25, -0.2) is 0 Å². The smallest absolute Gasteiger partial charge is 0.311 e. The molecule has 7 atom stereocenters. The quantitative estimate of drug-likeness (QED) is 0.614. The summed E-state index contributed by atoms with van der Waals surface area (Å²) in [7, 11) is 1.74. The molecule has 0 aromatic heterocycles. The molecule has 0 radical (unpaired) electrons. The Morgan fingerprint density at radius 2 is 2.23 bits per heavy atom. The Labute approximate surface area is 156 Å². The van der Waals surface area contributed by atoms with Crippen molar-refractivity contribution < 1.29 is 19.4 Å². The summed E-state index contributed by atoms with van der Waals surface area (Å²) in [6.07, 6.45) is 6.86. The molecule has 26 heavy (non-hydrogen) atoms.